The summed E-state index contributed by atoms with van der Waals surface area (Å²) >= 11 is 3.39. The van der Waals surface area contributed by atoms with Gasteiger partial charge in [0.25, 0.3) is 0 Å². The standard InChI is InChI=1S/C11H15N3S2/c1-4-9-6-15-11(14-9)13-8(3)10-12-5-7(2)16-10/h5-6,8H,4H2,1-3H3,(H,13,14). The zero-order valence-corrected chi connectivity index (χ0v) is 11.3. The largest absolute Gasteiger partial charge is 0.353 e. The topological polar surface area (TPSA) is 37.8 Å². The molecule has 2 aromatic heterocycles. The van der Waals surface area contributed by atoms with Crippen molar-refractivity contribution < 1.29 is 0 Å². The highest BCUT2D eigenvalue weighted by molar-refractivity contribution is 7.13. The van der Waals surface area contributed by atoms with Gasteiger partial charge in [0.15, 0.2) is 5.13 Å². The molecule has 0 saturated carbocycles. The van der Waals surface area contributed by atoms with Crippen LogP contribution in [0.1, 0.15) is 35.5 Å². The molecule has 0 aromatic carbocycles. The normalized spacial score (nSPS) is 12.7. The van der Waals surface area contributed by atoms with Crippen molar-refractivity contribution in [2.24, 2.45) is 0 Å². The number of aryl methyl sites for hydroxylation is 2. The van der Waals surface area contributed by atoms with E-state index in [0.717, 1.165) is 22.3 Å². The Bertz CT molecular complexity index is 461. The van der Waals surface area contributed by atoms with Crippen molar-refractivity contribution in [3.8, 4) is 0 Å². The SMILES string of the molecule is CCc1csc(NC(C)c2ncc(C)s2)n1. The van der Waals surface area contributed by atoms with E-state index in [1.54, 1.807) is 22.7 Å². The lowest BCUT2D eigenvalue weighted by atomic mass is 10.4. The van der Waals surface area contributed by atoms with Gasteiger partial charge in [0.1, 0.15) is 5.01 Å². The first-order valence-corrected chi connectivity index (χ1v) is 7.02. The average molecular weight is 253 g/mol. The monoisotopic (exact) mass is 253 g/mol. The van der Waals surface area contributed by atoms with Crippen LogP contribution in [-0.2, 0) is 6.42 Å². The number of hydrogen-bond acceptors (Lipinski definition) is 5. The summed E-state index contributed by atoms with van der Waals surface area (Å²) < 4.78 is 0. The summed E-state index contributed by atoms with van der Waals surface area (Å²) in [4.78, 5) is 10.1. The van der Waals surface area contributed by atoms with Gasteiger partial charge < -0.3 is 5.32 Å². The Morgan fingerprint density at radius 3 is 2.88 bits per heavy atom. The van der Waals surface area contributed by atoms with E-state index in [-0.39, 0.29) is 6.04 Å². The molecular formula is C11H15N3S2. The van der Waals surface area contributed by atoms with Gasteiger partial charge >= 0.3 is 0 Å². The molecule has 1 N–H and O–H groups in total. The second-order valence-corrected chi connectivity index (χ2v) is 5.80. The Balaban J connectivity index is 2.04. The van der Waals surface area contributed by atoms with Gasteiger partial charge in [0.05, 0.1) is 11.7 Å². The van der Waals surface area contributed by atoms with Gasteiger partial charge in [-0.25, -0.2) is 9.97 Å². The molecule has 0 aliphatic rings. The maximum Gasteiger partial charge on any atom is 0.183 e. The quantitative estimate of drug-likeness (QED) is 0.904. The molecule has 16 heavy (non-hydrogen) atoms. The first-order valence-electron chi connectivity index (χ1n) is 5.32. The molecule has 0 radical (unpaired) electrons. The second-order valence-electron chi connectivity index (χ2n) is 3.67. The highest BCUT2D eigenvalue weighted by Crippen LogP contribution is 2.25. The molecule has 2 heterocycles. The summed E-state index contributed by atoms with van der Waals surface area (Å²) in [5, 5.41) is 7.58. The molecule has 1 unspecified atom stereocenters. The first kappa shape index (κ1) is 11.5. The van der Waals surface area contributed by atoms with Crippen LogP contribution in [0.5, 0.6) is 0 Å². The van der Waals surface area contributed by atoms with Crippen LogP contribution in [0, 0.1) is 6.92 Å². The van der Waals surface area contributed by atoms with Gasteiger partial charge in [0, 0.05) is 16.5 Å². The number of thiazole rings is 2. The lowest BCUT2D eigenvalue weighted by Crippen LogP contribution is -2.05. The van der Waals surface area contributed by atoms with Crippen LogP contribution in [0.25, 0.3) is 0 Å². The molecular weight excluding hydrogens is 238 g/mol. The molecule has 0 aliphatic heterocycles. The molecule has 0 fully saturated rings. The molecule has 0 spiro atoms. The first-order chi connectivity index (χ1) is 7.69. The van der Waals surface area contributed by atoms with Gasteiger partial charge in [-0.1, -0.05) is 6.92 Å². The number of anilines is 1. The predicted molar refractivity (Wildman–Crippen MR) is 70.4 cm³/mol. The van der Waals surface area contributed by atoms with E-state index >= 15 is 0 Å². The van der Waals surface area contributed by atoms with E-state index in [4.69, 9.17) is 0 Å². The van der Waals surface area contributed by atoms with Crippen LogP contribution >= 0.6 is 22.7 Å². The van der Waals surface area contributed by atoms with Gasteiger partial charge in [0.2, 0.25) is 0 Å². The third-order valence-electron chi connectivity index (χ3n) is 2.26. The average Bonchev–Trinajstić information content (AvgIpc) is 2.87. The van der Waals surface area contributed by atoms with Gasteiger partial charge in [-0.3, -0.25) is 0 Å². The van der Waals surface area contributed by atoms with Crippen molar-refractivity contribution in [1.82, 2.24) is 9.97 Å². The number of nitrogens with one attached hydrogen (secondary N) is 1. The summed E-state index contributed by atoms with van der Waals surface area (Å²) in [6.45, 7) is 6.31. The maximum absolute atomic E-state index is 4.49. The minimum absolute atomic E-state index is 0.231. The zero-order valence-electron chi connectivity index (χ0n) is 9.65. The molecule has 0 saturated heterocycles. The van der Waals surface area contributed by atoms with Gasteiger partial charge in [-0.05, 0) is 20.3 Å². The zero-order chi connectivity index (χ0) is 11.5. The van der Waals surface area contributed by atoms with Crippen molar-refractivity contribution in [3.63, 3.8) is 0 Å². The van der Waals surface area contributed by atoms with Crippen LogP contribution in [-0.4, -0.2) is 9.97 Å². The summed E-state index contributed by atoms with van der Waals surface area (Å²) in [5.41, 5.74) is 1.15. The van der Waals surface area contributed by atoms with Crippen molar-refractivity contribution in [2.75, 3.05) is 5.32 Å². The molecule has 86 valence electrons. The highest BCUT2D eigenvalue weighted by Gasteiger charge is 2.10. The number of aromatic nitrogens is 2. The number of hydrogen-bond donors (Lipinski definition) is 1. The van der Waals surface area contributed by atoms with Gasteiger partial charge in [-0.2, -0.15) is 0 Å². The fraction of sp³-hybridized carbons (Fsp3) is 0.455. The molecule has 2 rings (SSSR count). The molecule has 1 atom stereocenters. The number of nitrogens with zero attached hydrogens (tertiary/aromatic N) is 2. The Morgan fingerprint density at radius 1 is 1.50 bits per heavy atom. The molecule has 0 aliphatic carbocycles. The minimum Gasteiger partial charge on any atom is -0.353 e. The van der Waals surface area contributed by atoms with E-state index in [1.807, 2.05) is 6.20 Å². The van der Waals surface area contributed by atoms with E-state index in [0.29, 0.717) is 0 Å². The second kappa shape index (κ2) is 4.93. The summed E-state index contributed by atoms with van der Waals surface area (Å²) in [6.07, 6.45) is 2.90. The van der Waals surface area contributed by atoms with Crippen LogP contribution in [0.3, 0.4) is 0 Å². The smallest absolute Gasteiger partial charge is 0.183 e. The van der Waals surface area contributed by atoms with Crippen LogP contribution in [0.4, 0.5) is 5.13 Å². The van der Waals surface area contributed by atoms with Crippen molar-refractivity contribution in [1.29, 1.82) is 0 Å². The molecule has 3 nitrogen and oxygen atoms in total. The van der Waals surface area contributed by atoms with E-state index < -0.39 is 0 Å². The highest BCUT2D eigenvalue weighted by atomic mass is 32.1. The Hall–Kier alpha value is -0.940. The lowest BCUT2D eigenvalue weighted by molar-refractivity contribution is 0.864. The molecule has 2 aromatic rings. The molecule has 0 bridgehead atoms. The third-order valence-corrected chi connectivity index (χ3v) is 4.18. The third kappa shape index (κ3) is 2.59. The molecule has 5 heteroatoms. The van der Waals surface area contributed by atoms with E-state index in [9.17, 15) is 0 Å². The molecule has 0 amide bonds. The minimum atomic E-state index is 0.231. The summed E-state index contributed by atoms with van der Waals surface area (Å²) in [6, 6.07) is 0.231. The van der Waals surface area contributed by atoms with E-state index in [1.165, 1.54) is 4.88 Å². The fourth-order valence-corrected chi connectivity index (χ4v) is 3.01. The Labute approximate surface area is 104 Å². The van der Waals surface area contributed by atoms with Crippen LogP contribution < -0.4 is 5.32 Å². The number of rotatable bonds is 4. The Morgan fingerprint density at radius 2 is 2.31 bits per heavy atom. The van der Waals surface area contributed by atoms with Crippen LogP contribution in [0.2, 0.25) is 0 Å². The Kier molecular flexibility index (Phi) is 3.56. The summed E-state index contributed by atoms with van der Waals surface area (Å²) in [7, 11) is 0. The predicted octanol–water partition coefficient (Wildman–Crippen LogP) is 3.64. The van der Waals surface area contributed by atoms with Crippen molar-refractivity contribution >= 4 is 27.8 Å². The lowest BCUT2D eigenvalue weighted by Gasteiger charge is -2.08. The fourth-order valence-electron chi connectivity index (χ4n) is 1.35. The summed E-state index contributed by atoms with van der Waals surface area (Å²) in [5.74, 6) is 0. The maximum atomic E-state index is 4.49. The van der Waals surface area contributed by atoms with Crippen molar-refractivity contribution in [3.05, 3.63) is 27.2 Å². The van der Waals surface area contributed by atoms with Crippen molar-refractivity contribution in [2.45, 2.75) is 33.2 Å². The van der Waals surface area contributed by atoms with Gasteiger partial charge in [-0.15, -0.1) is 22.7 Å². The van der Waals surface area contributed by atoms with E-state index in [2.05, 4.69) is 41.4 Å². The van der Waals surface area contributed by atoms with Crippen LogP contribution in [0.15, 0.2) is 11.6 Å².